The van der Waals surface area contributed by atoms with Gasteiger partial charge in [0.15, 0.2) is 0 Å². The van der Waals surface area contributed by atoms with E-state index in [9.17, 15) is 0 Å². The zero-order valence-electron chi connectivity index (χ0n) is 7.86. The molecule has 0 amide bonds. The molecule has 0 fully saturated rings. The van der Waals surface area contributed by atoms with Crippen LogP contribution in [0.5, 0.6) is 0 Å². The van der Waals surface area contributed by atoms with Gasteiger partial charge in [0.1, 0.15) is 12.7 Å². The van der Waals surface area contributed by atoms with Gasteiger partial charge in [-0.15, -0.1) is 0 Å². The van der Waals surface area contributed by atoms with Gasteiger partial charge in [0.05, 0.1) is 6.04 Å². The Labute approximate surface area is 73.0 Å². The van der Waals surface area contributed by atoms with Crippen molar-refractivity contribution >= 4 is 0 Å². The van der Waals surface area contributed by atoms with E-state index in [1.165, 1.54) is 0 Å². The Morgan fingerprint density at radius 3 is 2.67 bits per heavy atom. The molecule has 0 bridgehead atoms. The summed E-state index contributed by atoms with van der Waals surface area (Å²) in [4.78, 5) is 3.93. The molecule has 0 saturated heterocycles. The fourth-order valence-corrected chi connectivity index (χ4v) is 1.23. The molecule has 1 N–H and O–H groups in total. The molecule has 68 valence electrons. The van der Waals surface area contributed by atoms with Crippen molar-refractivity contribution in [3.63, 3.8) is 0 Å². The lowest BCUT2D eigenvalue weighted by Crippen LogP contribution is -2.26. The van der Waals surface area contributed by atoms with Crippen LogP contribution in [0.1, 0.15) is 19.9 Å². The summed E-state index contributed by atoms with van der Waals surface area (Å²) in [5.74, 6) is 0.569. The Morgan fingerprint density at radius 1 is 1.50 bits per heavy atom. The van der Waals surface area contributed by atoms with Gasteiger partial charge in [0, 0.05) is 6.54 Å². The van der Waals surface area contributed by atoms with Crippen molar-refractivity contribution in [2.24, 2.45) is 5.92 Å². The second-order valence-electron chi connectivity index (χ2n) is 3.24. The highest BCUT2D eigenvalue weighted by atomic mass is 15.3. The molecule has 0 saturated carbocycles. The molecule has 1 atom stereocenters. The lowest BCUT2D eigenvalue weighted by atomic mass is 10.1. The molecule has 1 aromatic heterocycles. The Hall–Kier alpha value is -0.900. The average Bonchev–Trinajstić information content (AvgIpc) is 2.51. The average molecular weight is 168 g/mol. The van der Waals surface area contributed by atoms with Gasteiger partial charge in [0.2, 0.25) is 0 Å². The maximum atomic E-state index is 4.12. The van der Waals surface area contributed by atoms with Crippen molar-refractivity contribution in [3.8, 4) is 0 Å². The first-order valence-corrected chi connectivity index (χ1v) is 4.24. The normalized spacial score (nSPS) is 13.7. The Morgan fingerprint density at radius 2 is 2.25 bits per heavy atom. The van der Waals surface area contributed by atoms with Crippen molar-refractivity contribution in [1.82, 2.24) is 20.1 Å². The van der Waals surface area contributed by atoms with Gasteiger partial charge in [-0.2, -0.15) is 5.10 Å². The molecule has 0 aliphatic carbocycles. The van der Waals surface area contributed by atoms with E-state index in [1.807, 2.05) is 11.7 Å². The molecule has 0 aromatic carbocycles. The second kappa shape index (κ2) is 4.21. The van der Waals surface area contributed by atoms with Crippen LogP contribution in [0.4, 0.5) is 0 Å². The highest BCUT2D eigenvalue weighted by molar-refractivity contribution is 4.72. The molecule has 4 heteroatoms. The van der Waals surface area contributed by atoms with Gasteiger partial charge in [-0.05, 0) is 13.0 Å². The summed E-state index contributed by atoms with van der Waals surface area (Å²) in [7, 11) is 1.95. The minimum Gasteiger partial charge on any atom is -0.318 e. The van der Waals surface area contributed by atoms with Gasteiger partial charge in [-0.25, -0.2) is 9.67 Å². The number of aromatic nitrogens is 3. The van der Waals surface area contributed by atoms with E-state index >= 15 is 0 Å². The summed E-state index contributed by atoms with van der Waals surface area (Å²) in [6, 6.07) is 0.400. The molecule has 4 nitrogen and oxygen atoms in total. The van der Waals surface area contributed by atoms with Crippen LogP contribution >= 0.6 is 0 Å². The van der Waals surface area contributed by atoms with Gasteiger partial charge in [0.25, 0.3) is 0 Å². The minimum absolute atomic E-state index is 0.400. The van der Waals surface area contributed by atoms with Crippen molar-refractivity contribution < 1.29 is 0 Å². The first-order valence-electron chi connectivity index (χ1n) is 4.24. The lowest BCUT2D eigenvalue weighted by molar-refractivity contribution is 0.337. The van der Waals surface area contributed by atoms with Gasteiger partial charge < -0.3 is 5.32 Å². The quantitative estimate of drug-likeness (QED) is 0.719. The zero-order valence-corrected chi connectivity index (χ0v) is 7.86. The third-order valence-electron chi connectivity index (χ3n) is 1.96. The highest BCUT2D eigenvalue weighted by Gasteiger charge is 2.14. The van der Waals surface area contributed by atoms with Crippen molar-refractivity contribution in [1.29, 1.82) is 0 Å². The van der Waals surface area contributed by atoms with Crippen molar-refractivity contribution in [3.05, 3.63) is 12.7 Å². The van der Waals surface area contributed by atoms with E-state index in [-0.39, 0.29) is 0 Å². The summed E-state index contributed by atoms with van der Waals surface area (Å²) in [6.07, 6.45) is 3.34. The second-order valence-corrected chi connectivity index (χ2v) is 3.24. The van der Waals surface area contributed by atoms with Gasteiger partial charge >= 0.3 is 0 Å². The first kappa shape index (κ1) is 9.19. The minimum atomic E-state index is 0.400. The molecule has 1 aromatic rings. The molecule has 0 radical (unpaired) electrons. The fourth-order valence-electron chi connectivity index (χ4n) is 1.23. The third kappa shape index (κ3) is 2.04. The first-order chi connectivity index (χ1) is 5.75. The molecular formula is C8H16N4. The molecule has 1 rings (SSSR count). The Kier molecular flexibility index (Phi) is 3.22. The molecule has 1 heterocycles. The standard InChI is InChI=1S/C8H16N4/c1-7(2)8(4-9-3)12-6-10-5-11-12/h5-9H,4H2,1-3H3. The highest BCUT2D eigenvalue weighted by Crippen LogP contribution is 2.13. The number of nitrogens with zero attached hydrogens (tertiary/aromatic N) is 3. The monoisotopic (exact) mass is 168 g/mol. The van der Waals surface area contributed by atoms with Crippen LogP contribution in [0.25, 0.3) is 0 Å². The van der Waals surface area contributed by atoms with E-state index in [2.05, 4.69) is 29.2 Å². The molecular weight excluding hydrogens is 152 g/mol. The molecule has 12 heavy (non-hydrogen) atoms. The predicted molar refractivity (Wildman–Crippen MR) is 47.8 cm³/mol. The number of rotatable bonds is 4. The van der Waals surface area contributed by atoms with Crippen molar-refractivity contribution in [2.45, 2.75) is 19.9 Å². The van der Waals surface area contributed by atoms with Crippen LogP contribution in [0.3, 0.4) is 0 Å². The zero-order chi connectivity index (χ0) is 8.97. The molecule has 0 spiro atoms. The summed E-state index contributed by atoms with van der Waals surface area (Å²) in [5.41, 5.74) is 0. The van der Waals surface area contributed by atoms with Crippen LogP contribution in [-0.2, 0) is 0 Å². The van der Waals surface area contributed by atoms with E-state index in [1.54, 1.807) is 12.7 Å². The van der Waals surface area contributed by atoms with Crippen LogP contribution in [0, 0.1) is 5.92 Å². The smallest absolute Gasteiger partial charge is 0.137 e. The van der Waals surface area contributed by atoms with E-state index in [0.717, 1.165) is 6.54 Å². The SMILES string of the molecule is CNCC(C(C)C)n1cncn1. The third-order valence-corrected chi connectivity index (χ3v) is 1.96. The van der Waals surface area contributed by atoms with Gasteiger partial charge in [-0.1, -0.05) is 13.8 Å². The van der Waals surface area contributed by atoms with Gasteiger partial charge in [-0.3, -0.25) is 0 Å². The summed E-state index contributed by atoms with van der Waals surface area (Å²) in [6.45, 7) is 5.30. The Bertz CT molecular complexity index is 205. The maximum absolute atomic E-state index is 4.12. The largest absolute Gasteiger partial charge is 0.318 e. The van der Waals surface area contributed by atoms with Crippen LogP contribution in [0.2, 0.25) is 0 Å². The predicted octanol–water partition coefficient (Wildman–Crippen LogP) is 0.695. The number of hydrogen-bond donors (Lipinski definition) is 1. The topological polar surface area (TPSA) is 42.7 Å². The number of likely N-dealkylation sites (N-methyl/N-ethyl adjacent to an activating group) is 1. The van der Waals surface area contributed by atoms with E-state index < -0.39 is 0 Å². The summed E-state index contributed by atoms with van der Waals surface area (Å²) in [5, 5.41) is 7.27. The molecule has 0 aliphatic heterocycles. The van der Waals surface area contributed by atoms with E-state index in [0.29, 0.717) is 12.0 Å². The maximum Gasteiger partial charge on any atom is 0.137 e. The van der Waals surface area contributed by atoms with Crippen molar-refractivity contribution in [2.75, 3.05) is 13.6 Å². The molecule has 0 aliphatic rings. The van der Waals surface area contributed by atoms with E-state index in [4.69, 9.17) is 0 Å². The number of nitrogens with one attached hydrogen (secondary N) is 1. The van der Waals surface area contributed by atoms with Crippen LogP contribution < -0.4 is 5.32 Å². The lowest BCUT2D eigenvalue weighted by Gasteiger charge is -2.19. The molecule has 1 unspecified atom stereocenters. The van der Waals surface area contributed by atoms with Crippen LogP contribution in [0.15, 0.2) is 12.7 Å². The Balaban J connectivity index is 2.66. The number of hydrogen-bond acceptors (Lipinski definition) is 3. The summed E-state index contributed by atoms with van der Waals surface area (Å²) >= 11 is 0. The summed E-state index contributed by atoms with van der Waals surface area (Å²) < 4.78 is 1.90. The van der Waals surface area contributed by atoms with Crippen LogP contribution in [-0.4, -0.2) is 28.4 Å². The fraction of sp³-hybridized carbons (Fsp3) is 0.750.